The highest BCUT2D eigenvalue weighted by Gasteiger charge is 2.64. The van der Waals surface area contributed by atoms with E-state index in [1.165, 1.54) is 18.4 Å². The van der Waals surface area contributed by atoms with Gasteiger partial charge in [-0.25, -0.2) is 13.4 Å². The normalized spacial score (nSPS) is 30.1. The van der Waals surface area contributed by atoms with Gasteiger partial charge in [0.05, 0.1) is 5.75 Å². The first-order chi connectivity index (χ1) is 8.94. The number of amidine groups is 1. The molecule has 0 amide bonds. The smallest absolute Gasteiger partial charge is 0.360 e. The van der Waals surface area contributed by atoms with E-state index >= 15 is 0 Å². The summed E-state index contributed by atoms with van der Waals surface area (Å²) in [6.45, 7) is 1.66. The van der Waals surface area contributed by atoms with E-state index in [1.807, 2.05) is 0 Å². The molecule has 0 aliphatic carbocycles. The Labute approximate surface area is 114 Å². The number of aliphatic imine (C=N–C) groups is 1. The van der Waals surface area contributed by atoms with E-state index in [0.29, 0.717) is 5.57 Å². The number of aliphatic hydroxyl groups is 1. The molecule has 2 aliphatic rings. The van der Waals surface area contributed by atoms with Gasteiger partial charge in [-0.15, -0.1) is 0 Å². The maximum absolute atomic E-state index is 13.1. The summed E-state index contributed by atoms with van der Waals surface area (Å²) in [7, 11) is -3.73. The second-order valence-corrected chi connectivity index (χ2v) is 7.10. The highest BCUT2D eigenvalue weighted by Crippen LogP contribution is 2.42. The number of alkyl halides is 3. The summed E-state index contributed by atoms with van der Waals surface area (Å²) in [6, 6.07) is -1.73. The van der Waals surface area contributed by atoms with Crippen molar-refractivity contribution in [3.8, 4) is 0 Å². The van der Waals surface area contributed by atoms with Crippen molar-refractivity contribution in [2.75, 3.05) is 12.0 Å². The van der Waals surface area contributed by atoms with Gasteiger partial charge in [0.1, 0.15) is 21.7 Å². The summed E-state index contributed by atoms with van der Waals surface area (Å²) in [5.41, 5.74) is -2.78. The summed E-state index contributed by atoms with van der Waals surface area (Å²) in [4.78, 5) is 4.35. The van der Waals surface area contributed by atoms with Gasteiger partial charge < -0.3 is 10.0 Å². The fourth-order valence-corrected chi connectivity index (χ4v) is 3.10. The lowest BCUT2D eigenvalue weighted by atomic mass is 10.1. The van der Waals surface area contributed by atoms with Crippen LogP contribution in [0.25, 0.3) is 0 Å². The standard InChI is InChI=1S/C11H13F3N2O3S/c1-7-3-4-16-8(6-20(2,18)19)10(17,11(12,13)14)15-9(16)5-7/h3-5,8,17H,6H2,1-2H3/t8-,10-/m0/s1. The molecule has 0 radical (unpaired) electrons. The Bertz CT molecular complexity index is 621. The van der Waals surface area contributed by atoms with Gasteiger partial charge in [0.25, 0.3) is 5.72 Å². The number of allylic oxidation sites excluding steroid dienone is 2. The van der Waals surface area contributed by atoms with E-state index in [0.717, 1.165) is 11.2 Å². The van der Waals surface area contributed by atoms with Crippen molar-refractivity contribution in [2.45, 2.75) is 24.9 Å². The number of rotatable bonds is 2. The zero-order valence-corrected chi connectivity index (χ0v) is 11.5. The molecule has 2 aliphatic heterocycles. The van der Waals surface area contributed by atoms with Gasteiger partial charge in [0.15, 0.2) is 0 Å². The van der Waals surface area contributed by atoms with Crippen LogP contribution >= 0.6 is 0 Å². The van der Waals surface area contributed by atoms with Crippen LogP contribution in [0.2, 0.25) is 0 Å². The summed E-state index contributed by atoms with van der Waals surface area (Å²) >= 11 is 0. The summed E-state index contributed by atoms with van der Waals surface area (Å²) in [5.74, 6) is -0.953. The first kappa shape index (κ1) is 15.0. The van der Waals surface area contributed by atoms with E-state index in [2.05, 4.69) is 4.99 Å². The molecule has 0 unspecified atom stereocenters. The maximum Gasteiger partial charge on any atom is 0.440 e. The minimum Gasteiger partial charge on any atom is -0.360 e. The third-order valence-corrected chi connectivity index (χ3v) is 4.00. The van der Waals surface area contributed by atoms with Gasteiger partial charge in [0, 0.05) is 12.5 Å². The minimum absolute atomic E-state index is 0.0986. The molecule has 0 aromatic carbocycles. The molecular formula is C11H13F3N2O3S. The average Bonchev–Trinajstić information content (AvgIpc) is 2.49. The highest BCUT2D eigenvalue weighted by atomic mass is 32.2. The fourth-order valence-electron chi connectivity index (χ4n) is 2.13. The van der Waals surface area contributed by atoms with Gasteiger partial charge in [-0.3, -0.25) is 0 Å². The number of hydrogen-bond acceptors (Lipinski definition) is 5. The van der Waals surface area contributed by atoms with Crippen molar-refractivity contribution < 1.29 is 26.7 Å². The van der Waals surface area contributed by atoms with Crippen molar-refractivity contribution in [2.24, 2.45) is 4.99 Å². The van der Waals surface area contributed by atoms with Crippen LogP contribution in [0, 0.1) is 0 Å². The van der Waals surface area contributed by atoms with Gasteiger partial charge in [-0.05, 0) is 24.6 Å². The lowest BCUT2D eigenvalue weighted by molar-refractivity contribution is -0.264. The first-order valence-corrected chi connectivity index (χ1v) is 7.71. The SMILES string of the molecule is CC1=CC2=N[C@@](O)(C(F)(F)F)[C@H](CS(C)(=O)=O)N2C=C1. The van der Waals surface area contributed by atoms with Gasteiger partial charge in [-0.2, -0.15) is 13.2 Å². The zero-order valence-electron chi connectivity index (χ0n) is 10.7. The third kappa shape index (κ3) is 2.47. The van der Waals surface area contributed by atoms with Gasteiger partial charge in [-0.1, -0.05) is 0 Å². The van der Waals surface area contributed by atoms with E-state index < -0.39 is 33.5 Å². The quantitative estimate of drug-likeness (QED) is 0.820. The minimum atomic E-state index is -5.07. The van der Waals surface area contributed by atoms with E-state index in [1.54, 1.807) is 6.92 Å². The molecule has 0 saturated heterocycles. The van der Waals surface area contributed by atoms with Crippen molar-refractivity contribution in [1.29, 1.82) is 0 Å². The molecule has 9 heteroatoms. The van der Waals surface area contributed by atoms with E-state index in [-0.39, 0.29) is 5.84 Å². The fraction of sp³-hybridized carbons (Fsp3) is 0.545. The second-order valence-electron chi connectivity index (χ2n) is 4.91. The molecule has 5 nitrogen and oxygen atoms in total. The van der Waals surface area contributed by atoms with Crippen molar-refractivity contribution in [1.82, 2.24) is 4.90 Å². The summed E-state index contributed by atoms with van der Waals surface area (Å²) in [5, 5.41) is 9.89. The topological polar surface area (TPSA) is 70.0 Å². The Hall–Kier alpha value is -1.35. The van der Waals surface area contributed by atoms with Crippen LogP contribution in [0.1, 0.15) is 6.92 Å². The number of sulfone groups is 1. The molecule has 0 aromatic heterocycles. The Morgan fingerprint density at radius 1 is 1.50 bits per heavy atom. The van der Waals surface area contributed by atoms with Crippen LogP contribution in [0.4, 0.5) is 13.2 Å². The Kier molecular flexibility index (Phi) is 3.25. The second kappa shape index (κ2) is 4.32. The number of halogens is 3. The molecule has 2 heterocycles. The maximum atomic E-state index is 13.1. The zero-order chi connectivity index (χ0) is 15.3. The molecule has 0 saturated carbocycles. The lowest BCUT2D eigenvalue weighted by Crippen LogP contribution is -2.57. The molecule has 0 aromatic rings. The Balaban J connectivity index is 2.51. The largest absolute Gasteiger partial charge is 0.440 e. The van der Waals surface area contributed by atoms with Crippen molar-refractivity contribution in [3.05, 3.63) is 23.9 Å². The summed E-state index contributed by atoms with van der Waals surface area (Å²) < 4.78 is 61.9. The number of fused-ring (bicyclic) bond motifs is 1. The molecular weight excluding hydrogens is 297 g/mol. The molecule has 0 fully saturated rings. The molecule has 20 heavy (non-hydrogen) atoms. The summed E-state index contributed by atoms with van der Waals surface area (Å²) in [6.07, 6.45) is -0.0675. The Morgan fingerprint density at radius 3 is 2.60 bits per heavy atom. The van der Waals surface area contributed by atoms with Crippen LogP contribution in [0.3, 0.4) is 0 Å². The van der Waals surface area contributed by atoms with Crippen molar-refractivity contribution >= 4 is 15.7 Å². The van der Waals surface area contributed by atoms with Crippen LogP contribution < -0.4 is 0 Å². The molecule has 2 rings (SSSR count). The monoisotopic (exact) mass is 310 g/mol. The van der Waals surface area contributed by atoms with Gasteiger partial charge >= 0.3 is 6.18 Å². The van der Waals surface area contributed by atoms with Crippen LogP contribution in [0.15, 0.2) is 28.9 Å². The third-order valence-electron chi connectivity index (χ3n) is 3.08. The van der Waals surface area contributed by atoms with Gasteiger partial charge in [0.2, 0.25) is 0 Å². The average molecular weight is 310 g/mol. The van der Waals surface area contributed by atoms with Crippen molar-refractivity contribution in [3.63, 3.8) is 0 Å². The number of nitrogens with zero attached hydrogens (tertiary/aromatic N) is 2. The van der Waals surface area contributed by atoms with Crippen LogP contribution in [-0.2, 0) is 9.84 Å². The lowest BCUT2D eigenvalue weighted by Gasteiger charge is -2.33. The van der Waals surface area contributed by atoms with Crippen LogP contribution in [0.5, 0.6) is 0 Å². The predicted octanol–water partition coefficient (Wildman–Crippen LogP) is 0.838. The van der Waals surface area contributed by atoms with E-state index in [9.17, 15) is 26.7 Å². The molecule has 1 N–H and O–H groups in total. The first-order valence-electron chi connectivity index (χ1n) is 5.65. The Morgan fingerprint density at radius 2 is 2.10 bits per heavy atom. The molecule has 0 bridgehead atoms. The molecule has 2 atom stereocenters. The highest BCUT2D eigenvalue weighted by molar-refractivity contribution is 7.90. The number of hydrogen-bond donors (Lipinski definition) is 1. The molecule has 0 spiro atoms. The van der Waals surface area contributed by atoms with E-state index in [4.69, 9.17) is 0 Å². The van der Waals surface area contributed by atoms with Crippen LogP contribution in [-0.4, -0.2) is 54.2 Å². The predicted molar refractivity (Wildman–Crippen MR) is 66.7 cm³/mol. The molecule has 112 valence electrons.